The van der Waals surface area contributed by atoms with E-state index in [0.29, 0.717) is 12.3 Å². The van der Waals surface area contributed by atoms with Crippen molar-refractivity contribution in [1.29, 1.82) is 0 Å². The van der Waals surface area contributed by atoms with Gasteiger partial charge in [0, 0.05) is 17.0 Å². The highest BCUT2D eigenvalue weighted by Gasteiger charge is 2.12. The van der Waals surface area contributed by atoms with Crippen molar-refractivity contribution in [3.8, 4) is 0 Å². The van der Waals surface area contributed by atoms with Crippen LogP contribution < -0.4 is 5.32 Å². The summed E-state index contributed by atoms with van der Waals surface area (Å²) in [7, 11) is 1.60. The van der Waals surface area contributed by atoms with Gasteiger partial charge in [-0.1, -0.05) is 6.07 Å². The van der Waals surface area contributed by atoms with Crippen LogP contribution in [-0.4, -0.2) is 18.0 Å². The van der Waals surface area contributed by atoms with Gasteiger partial charge in [0.2, 0.25) is 0 Å². The van der Waals surface area contributed by atoms with E-state index in [2.05, 4.69) is 26.2 Å². The van der Waals surface area contributed by atoms with Crippen LogP contribution in [0.5, 0.6) is 0 Å². The minimum Gasteiger partial charge on any atom is -0.378 e. The van der Waals surface area contributed by atoms with Gasteiger partial charge >= 0.3 is 0 Å². The lowest BCUT2D eigenvalue weighted by Crippen LogP contribution is -2.12. The van der Waals surface area contributed by atoms with Gasteiger partial charge < -0.3 is 10.1 Å². The summed E-state index contributed by atoms with van der Waals surface area (Å²) >= 11 is 4.84. The zero-order valence-electron chi connectivity index (χ0n) is 10.6. The van der Waals surface area contributed by atoms with E-state index < -0.39 is 0 Å². The molecule has 19 heavy (non-hydrogen) atoms. The first-order valence-corrected chi connectivity index (χ1v) is 7.28. The molecule has 0 fully saturated rings. The number of thiazole rings is 1. The van der Waals surface area contributed by atoms with Gasteiger partial charge in [0.05, 0.1) is 12.3 Å². The summed E-state index contributed by atoms with van der Waals surface area (Å²) in [5.41, 5.74) is 2.27. The summed E-state index contributed by atoms with van der Waals surface area (Å²) in [6.45, 7) is 2.42. The molecule has 0 radical (unpaired) electrons. The van der Waals surface area contributed by atoms with Gasteiger partial charge in [-0.2, -0.15) is 0 Å². The Morgan fingerprint density at radius 1 is 1.53 bits per heavy atom. The molecule has 2 rings (SSSR count). The predicted molar refractivity (Wildman–Crippen MR) is 79.7 cm³/mol. The minimum absolute atomic E-state index is 0.219. The zero-order chi connectivity index (χ0) is 13.8. The fraction of sp³-hybridized carbons (Fsp3) is 0.231. The van der Waals surface area contributed by atoms with Crippen molar-refractivity contribution in [3.05, 3.63) is 44.3 Å². The second kappa shape index (κ2) is 6.27. The summed E-state index contributed by atoms with van der Waals surface area (Å²) in [6, 6.07) is 5.75. The van der Waals surface area contributed by atoms with Crippen LogP contribution in [-0.2, 0) is 11.3 Å². The Morgan fingerprint density at radius 3 is 3.00 bits per heavy atom. The Hall–Kier alpha value is -1.24. The molecule has 0 aliphatic carbocycles. The molecule has 0 unspecified atom stereocenters. The molecule has 6 heteroatoms. The lowest BCUT2D eigenvalue weighted by atomic mass is 10.2. The normalized spacial score (nSPS) is 10.5. The molecule has 100 valence electrons. The van der Waals surface area contributed by atoms with Crippen LogP contribution in [0.15, 0.2) is 28.1 Å². The number of carbonyl (C=O) groups is 1. The van der Waals surface area contributed by atoms with Gasteiger partial charge in [-0.05, 0) is 40.5 Å². The van der Waals surface area contributed by atoms with Gasteiger partial charge in [-0.25, -0.2) is 4.98 Å². The van der Waals surface area contributed by atoms with E-state index in [9.17, 15) is 4.79 Å². The average molecular weight is 341 g/mol. The van der Waals surface area contributed by atoms with Gasteiger partial charge in [0.15, 0.2) is 0 Å². The molecule has 1 aromatic heterocycles. The smallest absolute Gasteiger partial charge is 0.275 e. The number of aromatic nitrogens is 1. The van der Waals surface area contributed by atoms with Crippen LogP contribution in [0.4, 0.5) is 5.69 Å². The lowest BCUT2D eigenvalue weighted by molar-refractivity contribution is 0.102. The fourth-order valence-corrected chi connectivity index (χ4v) is 2.85. The Bertz CT molecular complexity index is 598. The van der Waals surface area contributed by atoms with Gasteiger partial charge in [0.25, 0.3) is 5.91 Å². The molecule has 4 nitrogen and oxygen atoms in total. The van der Waals surface area contributed by atoms with Crippen LogP contribution in [0, 0.1) is 6.92 Å². The molecule has 0 aliphatic rings. The zero-order valence-corrected chi connectivity index (χ0v) is 13.0. The van der Waals surface area contributed by atoms with E-state index in [0.717, 1.165) is 20.7 Å². The van der Waals surface area contributed by atoms with Gasteiger partial charge in [-0.3, -0.25) is 4.79 Å². The molecule has 0 saturated heterocycles. The summed E-state index contributed by atoms with van der Waals surface area (Å²) in [5.74, 6) is -0.219. The van der Waals surface area contributed by atoms with E-state index >= 15 is 0 Å². The lowest BCUT2D eigenvalue weighted by Gasteiger charge is -2.06. The van der Waals surface area contributed by atoms with Crippen LogP contribution in [0.2, 0.25) is 0 Å². The number of nitrogens with zero attached hydrogens (tertiary/aromatic N) is 1. The summed E-state index contributed by atoms with van der Waals surface area (Å²) < 4.78 is 5.84. The summed E-state index contributed by atoms with van der Waals surface area (Å²) in [5, 5.41) is 5.34. The Kier molecular flexibility index (Phi) is 4.68. The number of carbonyl (C=O) groups excluding carboxylic acids is 1. The van der Waals surface area contributed by atoms with Crippen molar-refractivity contribution in [2.45, 2.75) is 13.5 Å². The van der Waals surface area contributed by atoms with Crippen LogP contribution in [0.1, 0.15) is 21.1 Å². The molecular weight excluding hydrogens is 328 g/mol. The second-order valence-corrected chi connectivity index (χ2v) is 5.79. The number of anilines is 1. The fourth-order valence-electron chi connectivity index (χ4n) is 1.51. The standard InChI is InChI=1S/C13H13BrN2O2S/c1-8-3-4-10(9(14)5-8)16-13(17)11-7-19-12(15-11)6-18-2/h3-5,7H,6H2,1-2H3,(H,16,17). The molecule has 0 bridgehead atoms. The highest BCUT2D eigenvalue weighted by Crippen LogP contribution is 2.24. The molecule has 1 heterocycles. The highest BCUT2D eigenvalue weighted by atomic mass is 79.9. The largest absolute Gasteiger partial charge is 0.378 e. The van der Waals surface area contributed by atoms with E-state index in [1.165, 1.54) is 11.3 Å². The van der Waals surface area contributed by atoms with Crippen LogP contribution in [0.3, 0.4) is 0 Å². The maximum atomic E-state index is 12.0. The van der Waals surface area contributed by atoms with Gasteiger partial charge in [0.1, 0.15) is 10.7 Å². The Balaban J connectivity index is 2.11. The third-order valence-corrected chi connectivity index (χ3v) is 3.90. The molecular formula is C13H13BrN2O2S. The molecule has 0 aliphatic heterocycles. The van der Waals surface area contributed by atoms with E-state index in [1.807, 2.05) is 25.1 Å². The van der Waals surface area contributed by atoms with Crippen molar-refractivity contribution in [3.63, 3.8) is 0 Å². The number of nitrogens with one attached hydrogen (secondary N) is 1. The SMILES string of the molecule is COCc1nc(C(=O)Nc2ccc(C)cc2Br)cs1. The maximum Gasteiger partial charge on any atom is 0.275 e. The molecule has 1 aromatic carbocycles. The van der Waals surface area contributed by atoms with E-state index in [1.54, 1.807) is 12.5 Å². The van der Waals surface area contributed by atoms with Crippen molar-refractivity contribution in [2.24, 2.45) is 0 Å². The van der Waals surface area contributed by atoms with Crippen molar-refractivity contribution < 1.29 is 9.53 Å². The Labute approximate surface area is 124 Å². The number of hydrogen-bond acceptors (Lipinski definition) is 4. The number of benzene rings is 1. The maximum absolute atomic E-state index is 12.0. The molecule has 0 spiro atoms. The first kappa shape index (κ1) is 14.2. The first-order chi connectivity index (χ1) is 9.10. The average Bonchev–Trinajstić information content (AvgIpc) is 2.82. The van der Waals surface area contributed by atoms with Gasteiger partial charge in [-0.15, -0.1) is 11.3 Å². The van der Waals surface area contributed by atoms with Crippen LogP contribution >= 0.6 is 27.3 Å². The third-order valence-electron chi connectivity index (χ3n) is 2.42. The number of methoxy groups -OCH3 is 1. The third kappa shape index (κ3) is 3.62. The molecule has 1 N–H and O–H groups in total. The highest BCUT2D eigenvalue weighted by molar-refractivity contribution is 9.10. The van der Waals surface area contributed by atoms with E-state index in [4.69, 9.17) is 4.74 Å². The topological polar surface area (TPSA) is 51.2 Å². The molecule has 1 amide bonds. The number of amides is 1. The predicted octanol–water partition coefficient (Wildman–Crippen LogP) is 3.61. The van der Waals surface area contributed by atoms with Crippen molar-refractivity contribution in [1.82, 2.24) is 4.98 Å². The molecule has 0 saturated carbocycles. The Morgan fingerprint density at radius 2 is 2.32 bits per heavy atom. The first-order valence-electron chi connectivity index (χ1n) is 5.61. The number of ether oxygens (including phenoxy) is 1. The molecule has 2 aromatic rings. The van der Waals surface area contributed by atoms with Crippen LogP contribution in [0.25, 0.3) is 0 Å². The number of aryl methyl sites for hydroxylation is 1. The van der Waals surface area contributed by atoms with E-state index in [-0.39, 0.29) is 5.91 Å². The number of rotatable bonds is 4. The number of hydrogen-bond donors (Lipinski definition) is 1. The summed E-state index contributed by atoms with van der Waals surface area (Å²) in [6.07, 6.45) is 0. The molecule has 0 atom stereocenters. The number of halogens is 1. The minimum atomic E-state index is -0.219. The summed E-state index contributed by atoms with van der Waals surface area (Å²) in [4.78, 5) is 16.2. The second-order valence-electron chi connectivity index (χ2n) is 4.00. The monoisotopic (exact) mass is 340 g/mol. The van der Waals surface area contributed by atoms with Crippen molar-refractivity contribution >= 4 is 38.9 Å². The quantitative estimate of drug-likeness (QED) is 0.924. The van der Waals surface area contributed by atoms with Crippen molar-refractivity contribution in [2.75, 3.05) is 12.4 Å².